The van der Waals surface area contributed by atoms with Gasteiger partial charge in [0.15, 0.2) is 6.61 Å². The molecule has 2 N–H and O–H groups in total. The lowest BCUT2D eigenvalue weighted by molar-refractivity contribution is 0.0741. The summed E-state index contributed by atoms with van der Waals surface area (Å²) in [4.78, 5) is 18.6. The van der Waals surface area contributed by atoms with Crippen LogP contribution in [0.4, 0.5) is 0 Å². The number of benzene rings is 1. The van der Waals surface area contributed by atoms with Crippen molar-refractivity contribution in [3.05, 3.63) is 41.5 Å². The molecule has 3 rings (SSSR count). The molecule has 0 radical (unpaired) electrons. The van der Waals surface area contributed by atoms with Gasteiger partial charge in [-0.15, -0.1) is 0 Å². The van der Waals surface area contributed by atoms with Crippen LogP contribution in [-0.4, -0.2) is 40.1 Å². The van der Waals surface area contributed by atoms with Crippen molar-refractivity contribution in [2.45, 2.75) is 38.8 Å². The molecule has 0 saturated carbocycles. The van der Waals surface area contributed by atoms with Crippen molar-refractivity contribution >= 4 is 5.91 Å². The van der Waals surface area contributed by atoms with E-state index in [-0.39, 0.29) is 18.6 Å². The molecule has 2 aromatic rings. The van der Waals surface area contributed by atoms with Gasteiger partial charge in [0.2, 0.25) is 11.7 Å². The minimum absolute atomic E-state index is 0.0280. The first-order valence-electron chi connectivity index (χ1n) is 8.26. The first-order chi connectivity index (χ1) is 11.7. The van der Waals surface area contributed by atoms with Crippen LogP contribution >= 0.6 is 0 Å². The fraction of sp³-hybridized carbons (Fsp3) is 0.471. The molecule has 1 aliphatic heterocycles. The molecule has 1 atom stereocenters. The zero-order chi connectivity index (χ0) is 16.9. The number of amides is 1. The highest BCUT2D eigenvalue weighted by Gasteiger charge is 2.28. The number of hydrogen-bond donors (Lipinski definition) is 1. The predicted octanol–water partition coefficient (Wildman–Crippen LogP) is 1.77. The summed E-state index contributed by atoms with van der Waals surface area (Å²) in [6, 6.07) is 7.26. The first-order valence-corrected chi connectivity index (χ1v) is 8.26. The Hall–Kier alpha value is -2.41. The van der Waals surface area contributed by atoms with E-state index in [9.17, 15) is 4.79 Å². The van der Waals surface area contributed by atoms with E-state index in [1.807, 2.05) is 11.8 Å². The highest BCUT2D eigenvalue weighted by Crippen LogP contribution is 2.21. The van der Waals surface area contributed by atoms with Crippen LogP contribution in [0, 0.1) is 0 Å². The van der Waals surface area contributed by atoms with Gasteiger partial charge < -0.3 is 19.9 Å². The maximum Gasteiger partial charge on any atom is 0.254 e. The van der Waals surface area contributed by atoms with Crippen LogP contribution in [0.3, 0.4) is 0 Å². The Labute approximate surface area is 140 Å². The van der Waals surface area contributed by atoms with E-state index in [2.05, 4.69) is 10.1 Å². The number of aromatic nitrogens is 2. The molecular weight excluding hydrogens is 308 g/mol. The van der Waals surface area contributed by atoms with Crippen LogP contribution in [0.2, 0.25) is 0 Å². The van der Waals surface area contributed by atoms with Gasteiger partial charge in [0, 0.05) is 31.1 Å². The van der Waals surface area contributed by atoms with Crippen molar-refractivity contribution in [3.8, 4) is 5.75 Å². The van der Waals surface area contributed by atoms with E-state index in [0.717, 1.165) is 19.4 Å². The third-order valence-electron chi connectivity index (χ3n) is 4.19. The van der Waals surface area contributed by atoms with Crippen molar-refractivity contribution < 1.29 is 14.1 Å². The molecule has 1 aliphatic rings. The summed E-state index contributed by atoms with van der Waals surface area (Å²) in [7, 11) is 0. The standard InChI is InChI=1S/C17H22N4O3/c1-2-16-19-15(20-24-16)11-23-14-7-5-12(6-8-14)17(22)21-9-3-4-13(21)10-18/h5-8,13H,2-4,9-11,18H2,1H3. The smallest absolute Gasteiger partial charge is 0.254 e. The molecule has 2 heterocycles. The number of nitrogens with two attached hydrogens (primary N) is 1. The largest absolute Gasteiger partial charge is 0.485 e. The number of likely N-dealkylation sites (tertiary alicyclic amines) is 1. The van der Waals surface area contributed by atoms with Crippen LogP contribution in [-0.2, 0) is 13.0 Å². The molecule has 1 saturated heterocycles. The van der Waals surface area contributed by atoms with E-state index in [0.29, 0.717) is 36.0 Å². The van der Waals surface area contributed by atoms with Crippen LogP contribution in [0.15, 0.2) is 28.8 Å². The van der Waals surface area contributed by atoms with Gasteiger partial charge in [-0.2, -0.15) is 4.98 Å². The number of ether oxygens (including phenoxy) is 1. The molecule has 128 valence electrons. The lowest BCUT2D eigenvalue weighted by Gasteiger charge is -2.23. The van der Waals surface area contributed by atoms with E-state index in [1.54, 1.807) is 24.3 Å². The average molecular weight is 330 g/mol. The number of carbonyl (C=O) groups is 1. The monoisotopic (exact) mass is 330 g/mol. The fourth-order valence-corrected chi connectivity index (χ4v) is 2.85. The Morgan fingerprint density at radius 2 is 2.21 bits per heavy atom. The van der Waals surface area contributed by atoms with E-state index >= 15 is 0 Å². The molecule has 1 unspecified atom stereocenters. The minimum atomic E-state index is 0.0280. The number of aryl methyl sites for hydroxylation is 1. The second-order valence-corrected chi connectivity index (χ2v) is 5.80. The molecule has 1 fully saturated rings. The Bertz CT molecular complexity index is 683. The molecule has 7 heteroatoms. The van der Waals surface area contributed by atoms with Gasteiger partial charge in [-0.1, -0.05) is 12.1 Å². The van der Waals surface area contributed by atoms with Crippen LogP contribution in [0.1, 0.15) is 41.8 Å². The lowest BCUT2D eigenvalue weighted by Crippen LogP contribution is -2.39. The molecular formula is C17H22N4O3. The summed E-state index contributed by atoms with van der Waals surface area (Å²) in [5.41, 5.74) is 6.39. The second kappa shape index (κ2) is 7.44. The quantitative estimate of drug-likeness (QED) is 0.867. The Kier molecular flexibility index (Phi) is 5.10. The average Bonchev–Trinajstić information content (AvgIpc) is 3.28. The number of carbonyl (C=O) groups excluding carboxylic acids is 1. The van der Waals surface area contributed by atoms with E-state index in [1.165, 1.54) is 0 Å². The summed E-state index contributed by atoms with van der Waals surface area (Å²) >= 11 is 0. The number of rotatable bonds is 6. The molecule has 1 aromatic heterocycles. The normalized spacial score (nSPS) is 17.2. The zero-order valence-corrected chi connectivity index (χ0v) is 13.8. The fourth-order valence-electron chi connectivity index (χ4n) is 2.85. The second-order valence-electron chi connectivity index (χ2n) is 5.80. The van der Waals surface area contributed by atoms with Crippen molar-refractivity contribution in [1.82, 2.24) is 15.0 Å². The third kappa shape index (κ3) is 3.56. The van der Waals surface area contributed by atoms with E-state index in [4.69, 9.17) is 15.0 Å². The molecule has 0 bridgehead atoms. The van der Waals surface area contributed by atoms with Gasteiger partial charge in [0.25, 0.3) is 5.91 Å². The zero-order valence-electron chi connectivity index (χ0n) is 13.8. The topological polar surface area (TPSA) is 94.5 Å². The Morgan fingerprint density at radius 3 is 2.88 bits per heavy atom. The van der Waals surface area contributed by atoms with Gasteiger partial charge in [-0.05, 0) is 37.1 Å². The van der Waals surface area contributed by atoms with Gasteiger partial charge >= 0.3 is 0 Å². The maximum atomic E-state index is 12.5. The van der Waals surface area contributed by atoms with Crippen LogP contribution in [0.5, 0.6) is 5.75 Å². The number of hydrogen-bond acceptors (Lipinski definition) is 6. The minimum Gasteiger partial charge on any atom is -0.485 e. The summed E-state index contributed by atoms with van der Waals surface area (Å²) in [6.45, 7) is 3.47. The highest BCUT2D eigenvalue weighted by atomic mass is 16.5. The molecule has 1 amide bonds. The molecule has 0 spiro atoms. The summed E-state index contributed by atoms with van der Waals surface area (Å²) in [5, 5.41) is 3.83. The SMILES string of the molecule is CCc1nc(COc2ccc(C(=O)N3CCCC3CN)cc2)no1. The van der Waals surface area contributed by atoms with Gasteiger partial charge in [-0.25, -0.2) is 0 Å². The van der Waals surface area contributed by atoms with Gasteiger partial charge in [-0.3, -0.25) is 4.79 Å². The van der Waals surface area contributed by atoms with Crippen molar-refractivity contribution in [3.63, 3.8) is 0 Å². The summed E-state index contributed by atoms with van der Waals surface area (Å²) in [6.07, 6.45) is 2.69. The first kappa shape index (κ1) is 16.4. The number of nitrogens with zero attached hydrogens (tertiary/aromatic N) is 3. The Morgan fingerprint density at radius 1 is 1.42 bits per heavy atom. The molecule has 0 aliphatic carbocycles. The van der Waals surface area contributed by atoms with Gasteiger partial charge in [0.05, 0.1) is 0 Å². The van der Waals surface area contributed by atoms with E-state index < -0.39 is 0 Å². The summed E-state index contributed by atoms with van der Waals surface area (Å²) < 4.78 is 10.7. The highest BCUT2D eigenvalue weighted by molar-refractivity contribution is 5.94. The van der Waals surface area contributed by atoms with Crippen molar-refractivity contribution in [2.75, 3.05) is 13.1 Å². The van der Waals surface area contributed by atoms with Crippen molar-refractivity contribution in [1.29, 1.82) is 0 Å². The van der Waals surface area contributed by atoms with Crippen LogP contribution < -0.4 is 10.5 Å². The lowest BCUT2D eigenvalue weighted by atomic mass is 10.1. The van der Waals surface area contributed by atoms with Gasteiger partial charge in [0.1, 0.15) is 5.75 Å². The van der Waals surface area contributed by atoms with Crippen molar-refractivity contribution in [2.24, 2.45) is 5.73 Å². The molecule has 7 nitrogen and oxygen atoms in total. The molecule has 1 aromatic carbocycles. The Balaban J connectivity index is 1.59. The van der Waals surface area contributed by atoms with Crippen LogP contribution in [0.25, 0.3) is 0 Å². The maximum absolute atomic E-state index is 12.5. The predicted molar refractivity (Wildman–Crippen MR) is 87.6 cm³/mol. The summed E-state index contributed by atoms with van der Waals surface area (Å²) in [5.74, 6) is 1.79. The third-order valence-corrected chi connectivity index (χ3v) is 4.19. The molecule has 24 heavy (non-hydrogen) atoms.